The molecule has 152 valence electrons. The maximum absolute atomic E-state index is 13.6. The monoisotopic (exact) mass is 493 g/mol. The predicted molar refractivity (Wildman–Crippen MR) is 123 cm³/mol. The lowest BCUT2D eigenvalue weighted by molar-refractivity contribution is -0.123. The van der Waals surface area contributed by atoms with E-state index in [4.69, 9.17) is 23.2 Å². The van der Waals surface area contributed by atoms with E-state index < -0.39 is 5.54 Å². The zero-order valence-electron chi connectivity index (χ0n) is 16.7. The Hall–Kier alpha value is -1.82. The van der Waals surface area contributed by atoms with Gasteiger partial charge in [-0.05, 0) is 49.7 Å². The van der Waals surface area contributed by atoms with Crippen molar-refractivity contribution in [2.45, 2.75) is 39.7 Å². The third-order valence-electron chi connectivity index (χ3n) is 4.84. The second kappa shape index (κ2) is 8.50. The van der Waals surface area contributed by atoms with Crippen LogP contribution in [0, 0.1) is 6.92 Å². The fourth-order valence-corrected chi connectivity index (χ4v) is 4.45. The number of benzene rings is 2. The molecule has 1 atom stereocenters. The van der Waals surface area contributed by atoms with Crippen LogP contribution < -0.4 is 4.90 Å². The third-order valence-corrected chi connectivity index (χ3v) is 5.81. The Kier molecular flexibility index (Phi) is 6.42. The molecule has 0 N–H and O–H groups in total. The number of nitrogens with zero attached hydrogens (tertiary/aromatic N) is 3. The van der Waals surface area contributed by atoms with Crippen molar-refractivity contribution >= 4 is 56.7 Å². The molecule has 0 aliphatic carbocycles. The third kappa shape index (κ3) is 3.96. The van der Waals surface area contributed by atoms with Gasteiger partial charge in [-0.3, -0.25) is 9.36 Å². The Morgan fingerprint density at radius 2 is 1.66 bits per heavy atom. The van der Waals surface area contributed by atoms with E-state index in [1.165, 1.54) is 0 Å². The average Bonchev–Trinajstić information content (AvgIpc) is 3.15. The van der Waals surface area contributed by atoms with Crippen LogP contribution in [0.1, 0.15) is 32.0 Å². The van der Waals surface area contributed by atoms with Gasteiger partial charge >= 0.3 is 0 Å². The molecule has 3 aromatic rings. The largest absolute Gasteiger partial charge is 0.299 e. The molecule has 1 aliphatic heterocycles. The Morgan fingerprint density at radius 1 is 1.07 bits per heavy atom. The summed E-state index contributed by atoms with van der Waals surface area (Å²) in [7, 11) is 0. The van der Waals surface area contributed by atoms with Gasteiger partial charge in [-0.1, -0.05) is 65.1 Å². The number of imidazole rings is 1. The first kappa shape index (κ1) is 21.9. The topological polar surface area (TPSA) is 38.1 Å². The second-order valence-electron chi connectivity index (χ2n) is 6.88. The summed E-state index contributed by atoms with van der Waals surface area (Å²) in [6.45, 7) is 7.90. The quantitative estimate of drug-likeness (QED) is 0.396. The maximum atomic E-state index is 13.6. The van der Waals surface area contributed by atoms with Gasteiger partial charge < -0.3 is 0 Å². The van der Waals surface area contributed by atoms with Crippen molar-refractivity contribution in [1.29, 1.82) is 0 Å². The number of carbonyl (C=O) groups is 1. The van der Waals surface area contributed by atoms with Crippen LogP contribution >= 0.6 is 39.1 Å². The minimum Gasteiger partial charge on any atom is -0.299 e. The van der Waals surface area contributed by atoms with E-state index in [9.17, 15) is 4.79 Å². The smallest absolute Gasteiger partial charge is 0.260 e. The molecule has 7 heteroatoms. The first-order valence-electron chi connectivity index (χ1n) is 9.39. The van der Waals surface area contributed by atoms with Crippen molar-refractivity contribution < 1.29 is 4.79 Å². The average molecular weight is 495 g/mol. The molecule has 1 amide bonds. The van der Waals surface area contributed by atoms with Crippen molar-refractivity contribution in [2.24, 2.45) is 0 Å². The lowest BCUT2D eigenvalue weighted by Gasteiger charge is -2.26. The summed E-state index contributed by atoms with van der Waals surface area (Å²) in [5.41, 5.74) is 1.81. The Bertz CT molecular complexity index is 1030. The van der Waals surface area contributed by atoms with Gasteiger partial charge in [0.05, 0.1) is 11.9 Å². The molecular formula is C22H22BrCl2N3O. The first-order chi connectivity index (χ1) is 13.8. The van der Waals surface area contributed by atoms with E-state index in [0.717, 1.165) is 15.7 Å². The van der Waals surface area contributed by atoms with Gasteiger partial charge in [0.15, 0.2) is 0 Å². The Morgan fingerprint density at radius 3 is 2.24 bits per heavy atom. The molecule has 4 nitrogen and oxygen atoms in total. The van der Waals surface area contributed by atoms with E-state index in [2.05, 4.69) is 20.9 Å². The summed E-state index contributed by atoms with van der Waals surface area (Å²) in [6, 6.07) is 13.1. The number of anilines is 2. The molecule has 0 saturated carbocycles. The second-order valence-corrected chi connectivity index (χ2v) is 8.67. The number of aromatic nitrogens is 2. The van der Waals surface area contributed by atoms with Crippen molar-refractivity contribution in [2.75, 3.05) is 4.90 Å². The molecule has 1 aliphatic rings. The van der Waals surface area contributed by atoms with E-state index >= 15 is 0 Å². The van der Waals surface area contributed by atoms with E-state index in [0.29, 0.717) is 28.1 Å². The first-order valence-corrected chi connectivity index (χ1v) is 10.9. The van der Waals surface area contributed by atoms with Gasteiger partial charge in [-0.15, -0.1) is 0 Å². The summed E-state index contributed by atoms with van der Waals surface area (Å²) < 4.78 is 3.00. The molecule has 2 aromatic carbocycles. The van der Waals surface area contributed by atoms with Crippen LogP contribution in [0.25, 0.3) is 0 Å². The van der Waals surface area contributed by atoms with Crippen molar-refractivity contribution in [1.82, 2.24) is 9.55 Å². The van der Waals surface area contributed by atoms with Crippen LogP contribution in [0.4, 0.5) is 11.6 Å². The van der Waals surface area contributed by atoms with E-state index in [1.807, 2.05) is 56.5 Å². The predicted octanol–water partition coefficient (Wildman–Crippen LogP) is 6.92. The van der Waals surface area contributed by atoms with E-state index in [1.54, 1.807) is 29.3 Å². The number of carbonyl (C=O) groups excluding carboxylic acids is 1. The van der Waals surface area contributed by atoms with Gasteiger partial charge in [0.1, 0.15) is 5.54 Å². The summed E-state index contributed by atoms with van der Waals surface area (Å²) >= 11 is 15.8. The fourth-order valence-electron chi connectivity index (χ4n) is 3.67. The molecule has 1 aromatic heterocycles. The summed E-state index contributed by atoms with van der Waals surface area (Å²) in [5.74, 6) is 0.519. The van der Waals surface area contributed by atoms with Crippen LogP contribution in [-0.2, 0) is 16.8 Å². The van der Waals surface area contributed by atoms with Crippen LogP contribution in [0.5, 0.6) is 0 Å². The molecule has 0 fully saturated rings. The number of hydrogen-bond acceptors (Lipinski definition) is 2. The highest BCUT2D eigenvalue weighted by Gasteiger charge is 2.49. The Balaban J connectivity index is 0.00000117. The zero-order valence-corrected chi connectivity index (χ0v) is 19.8. The van der Waals surface area contributed by atoms with Gasteiger partial charge in [-0.25, -0.2) is 9.88 Å². The highest BCUT2D eigenvalue weighted by Crippen LogP contribution is 2.43. The van der Waals surface area contributed by atoms with Crippen LogP contribution in [0.2, 0.25) is 10.0 Å². The summed E-state index contributed by atoms with van der Waals surface area (Å²) in [4.78, 5) is 19.7. The highest BCUT2D eigenvalue weighted by molar-refractivity contribution is 9.10. The number of amides is 1. The highest BCUT2D eigenvalue weighted by atomic mass is 79.9. The molecule has 29 heavy (non-hydrogen) atoms. The summed E-state index contributed by atoms with van der Waals surface area (Å²) in [5, 5.41) is 0.947. The fraction of sp³-hybridized carbons (Fsp3) is 0.273. The molecular weight excluding hydrogens is 473 g/mol. The molecule has 2 heterocycles. The zero-order chi connectivity index (χ0) is 21.3. The SMILES string of the molecule is CC.Cc1cnc2n1[C@](C)(Cc1ccc(Br)cc1)C(=O)N2c1cc(Cl)cc(Cl)c1. The van der Waals surface area contributed by atoms with Gasteiger partial charge in [0, 0.05) is 26.6 Å². The van der Waals surface area contributed by atoms with Crippen molar-refractivity contribution in [3.63, 3.8) is 0 Å². The van der Waals surface area contributed by atoms with Gasteiger partial charge in [0.25, 0.3) is 5.91 Å². The molecule has 0 saturated heterocycles. The standard InChI is InChI=1S/C20H16BrCl2N3O.C2H6/c1-12-11-24-19-25(17-8-15(22)7-16(23)9-17)18(27)20(2,26(12)19)10-13-3-5-14(21)6-4-13;1-2/h3-9,11H,10H2,1-2H3;1-2H3/t20-;/m1./s1. The van der Waals surface area contributed by atoms with Crippen LogP contribution in [0.3, 0.4) is 0 Å². The van der Waals surface area contributed by atoms with Crippen molar-refractivity contribution in [3.05, 3.63) is 74.4 Å². The van der Waals surface area contributed by atoms with Crippen molar-refractivity contribution in [3.8, 4) is 0 Å². The normalized spacial score (nSPS) is 17.8. The Labute approximate surface area is 189 Å². The lowest BCUT2D eigenvalue weighted by Crippen LogP contribution is -2.41. The number of halogens is 3. The van der Waals surface area contributed by atoms with E-state index in [-0.39, 0.29) is 5.91 Å². The molecule has 0 bridgehead atoms. The number of aryl methyl sites for hydroxylation is 1. The minimum atomic E-state index is -0.793. The molecule has 0 unspecified atom stereocenters. The van der Waals surface area contributed by atoms with Crippen LogP contribution in [0.15, 0.2) is 53.1 Å². The molecule has 4 rings (SSSR count). The lowest BCUT2D eigenvalue weighted by atomic mass is 9.91. The van der Waals surface area contributed by atoms with Crippen LogP contribution in [-0.4, -0.2) is 15.5 Å². The number of rotatable bonds is 3. The maximum Gasteiger partial charge on any atom is 0.260 e. The van der Waals surface area contributed by atoms with Gasteiger partial charge in [0.2, 0.25) is 5.95 Å². The molecule has 0 spiro atoms. The molecule has 0 radical (unpaired) electrons. The van der Waals surface area contributed by atoms with Gasteiger partial charge in [-0.2, -0.15) is 0 Å². The minimum absolute atomic E-state index is 0.0602. The summed E-state index contributed by atoms with van der Waals surface area (Å²) in [6.07, 6.45) is 2.33. The number of fused-ring (bicyclic) bond motifs is 1. The number of hydrogen-bond donors (Lipinski definition) is 0.